The van der Waals surface area contributed by atoms with Crippen LogP contribution in [-0.4, -0.2) is 67.4 Å². The lowest BCUT2D eigenvalue weighted by Gasteiger charge is -2.30. The molecule has 0 aromatic carbocycles. The number of aliphatic imine (C=N–C) groups is 1. The lowest BCUT2D eigenvalue weighted by Crippen LogP contribution is -2.45. The molecule has 0 rings (SSSR count). The second-order valence-corrected chi connectivity index (χ2v) is 7.89. The molecule has 0 fully saturated rings. The van der Waals surface area contributed by atoms with Crippen LogP contribution >= 0.6 is 24.0 Å². The van der Waals surface area contributed by atoms with Gasteiger partial charge in [-0.25, -0.2) is 4.79 Å². The molecule has 7 nitrogen and oxygen atoms in total. The number of guanidine groups is 1. The minimum Gasteiger partial charge on any atom is -0.444 e. The number of ether oxygens (including phenoxy) is 1. The molecule has 0 unspecified atom stereocenters. The highest BCUT2D eigenvalue weighted by Gasteiger charge is 2.15. The van der Waals surface area contributed by atoms with E-state index in [1.165, 1.54) is 0 Å². The van der Waals surface area contributed by atoms with Crippen LogP contribution in [-0.2, 0) is 4.74 Å². The molecule has 0 aliphatic carbocycles. The van der Waals surface area contributed by atoms with Gasteiger partial charge >= 0.3 is 6.09 Å². The first kappa shape index (κ1) is 28.4. The third-order valence-corrected chi connectivity index (χ3v) is 3.61. The van der Waals surface area contributed by atoms with Gasteiger partial charge in [-0.2, -0.15) is 0 Å². The molecule has 0 radical (unpaired) electrons. The Hall–Kier alpha value is -0.770. The lowest BCUT2D eigenvalue weighted by atomic mass is 10.2. The molecule has 8 heteroatoms. The summed E-state index contributed by atoms with van der Waals surface area (Å²) in [5, 5.41) is 9.38. The van der Waals surface area contributed by atoms with E-state index < -0.39 is 5.60 Å². The maximum absolute atomic E-state index is 11.6. The minimum absolute atomic E-state index is 0. The van der Waals surface area contributed by atoms with Gasteiger partial charge in [-0.1, -0.05) is 0 Å². The van der Waals surface area contributed by atoms with E-state index in [0.717, 1.165) is 32.0 Å². The summed E-state index contributed by atoms with van der Waals surface area (Å²) >= 11 is 0. The molecule has 3 N–H and O–H groups in total. The molecule has 0 saturated heterocycles. The van der Waals surface area contributed by atoms with Gasteiger partial charge in [0.05, 0.1) is 0 Å². The molecule has 0 aromatic rings. The standard InChI is InChI=1S/C19H41N5O2.HI/c1-9-20-17(22-13-14-24(15(2)3)16(4)5)21-11-10-12-23-18(25)26-19(6,7)8;/h15-16H,9-14H2,1-8H3,(H,23,25)(H2,20,21,22);1H. The topological polar surface area (TPSA) is 78.0 Å². The number of halogens is 1. The van der Waals surface area contributed by atoms with Gasteiger partial charge in [-0.15, -0.1) is 24.0 Å². The highest BCUT2D eigenvalue weighted by molar-refractivity contribution is 14.0. The van der Waals surface area contributed by atoms with E-state index in [9.17, 15) is 4.79 Å². The van der Waals surface area contributed by atoms with Gasteiger partial charge in [0.2, 0.25) is 0 Å². The normalized spacial score (nSPS) is 12.2. The summed E-state index contributed by atoms with van der Waals surface area (Å²) in [6.45, 7) is 20.3. The van der Waals surface area contributed by atoms with Gasteiger partial charge in [0.15, 0.2) is 5.96 Å². The number of nitrogens with zero attached hydrogens (tertiary/aromatic N) is 2. The Kier molecular flexibility index (Phi) is 16.0. The average Bonchev–Trinajstić information content (AvgIpc) is 2.48. The number of amides is 1. The maximum Gasteiger partial charge on any atom is 0.407 e. The van der Waals surface area contributed by atoms with Crippen LogP contribution in [0.3, 0.4) is 0 Å². The zero-order valence-electron chi connectivity index (χ0n) is 18.5. The van der Waals surface area contributed by atoms with Gasteiger partial charge in [0.1, 0.15) is 5.60 Å². The molecule has 0 heterocycles. The summed E-state index contributed by atoms with van der Waals surface area (Å²) in [4.78, 5) is 18.6. The van der Waals surface area contributed by atoms with Crippen molar-refractivity contribution in [2.24, 2.45) is 4.99 Å². The molecular formula is C19H42IN5O2. The van der Waals surface area contributed by atoms with Gasteiger partial charge in [0, 0.05) is 44.8 Å². The monoisotopic (exact) mass is 499 g/mol. The number of carbonyl (C=O) groups is 1. The fourth-order valence-electron chi connectivity index (χ4n) is 2.53. The summed E-state index contributed by atoms with van der Waals surface area (Å²) in [5.41, 5.74) is -0.468. The van der Waals surface area contributed by atoms with Crippen molar-refractivity contribution in [3.63, 3.8) is 0 Å². The van der Waals surface area contributed by atoms with Crippen LogP contribution in [0.4, 0.5) is 4.79 Å². The highest BCUT2D eigenvalue weighted by Crippen LogP contribution is 2.06. The number of nitrogens with one attached hydrogen (secondary N) is 3. The largest absolute Gasteiger partial charge is 0.444 e. The van der Waals surface area contributed by atoms with E-state index in [1.807, 2.05) is 20.8 Å². The second-order valence-electron chi connectivity index (χ2n) is 7.89. The molecule has 0 atom stereocenters. The van der Waals surface area contributed by atoms with E-state index in [4.69, 9.17) is 4.74 Å². The average molecular weight is 499 g/mol. The van der Waals surface area contributed by atoms with Gasteiger partial charge in [-0.05, 0) is 61.8 Å². The lowest BCUT2D eigenvalue weighted by molar-refractivity contribution is 0.0527. The fraction of sp³-hybridized carbons (Fsp3) is 0.895. The van der Waals surface area contributed by atoms with Crippen molar-refractivity contribution < 1.29 is 9.53 Å². The van der Waals surface area contributed by atoms with Crippen molar-refractivity contribution >= 4 is 36.0 Å². The smallest absolute Gasteiger partial charge is 0.407 e. The van der Waals surface area contributed by atoms with Crippen LogP contribution in [0.1, 0.15) is 61.8 Å². The third kappa shape index (κ3) is 15.9. The van der Waals surface area contributed by atoms with Crippen LogP contribution in [0.15, 0.2) is 4.99 Å². The molecule has 0 aliphatic rings. The predicted molar refractivity (Wildman–Crippen MR) is 125 cm³/mol. The zero-order chi connectivity index (χ0) is 20.2. The van der Waals surface area contributed by atoms with Crippen LogP contribution in [0.2, 0.25) is 0 Å². The van der Waals surface area contributed by atoms with Crippen LogP contribution < -0.4 is 16.0 Å². The number of alkyl carbamates (subject to hydrolysis) is 1. The molecular weight excluding hydrogens is 457 g/mol. The maximum atomic E-state index is 11.6. The van der Waals surface area contributed by atoms with Crippen LogP contribution in [0, 0.1) is 0 Å². The Morgan fingerprint density at radius 1 is 1.04 bits per heavy atom. The van der Waals surface area contributed by atoms with Crippen molar-refractivity contribution in [3.8, 4) is 0 Å². The Balaban J connectivity index is 0. The molecule has 0 saturated carbocycles. The van der Waals surface area contributed by atoms with Gasteiger partial charge in [-0.3, -0.25) is 9.89 Å². The molecule has 27 heavy (non-hydrogen) atoms. The van der Waals surface area contributed by atoms with E-state index in [-0.39, 0.29) is 30.1 Å². The first-order valence-corrected chi connectivity index (χ1v) is 9.81. The van der Waals surface area contributed by atoms with Crippen molar-refractivity contribution in [2.45, 2.75) is 79.5 Å². The Bertz CT molecular complexity index is 415. The van der Waals surface area contributed by atoms with E-state index in [0.29, 0.717) is 25.2 Å². The molecule has 0 aliphatic heterocycles. The van der Waals surface area contributed by atoms with E-state index >= 15 is 0 Å². The second kappa shape index (κ2) is 15.2. The van der Waals surface area contributed by atoms with Gasteiger partial charge < -0.3 is 20.7 Å². The van der Waals surface area contributed by atoms with E-state index in [2.05, 4.69) is 60.5 Å². The number of hydrogen-bond donors (Lipinski definition) is 3. The predicted octanol–water partition coefficient (Wildman–Crippen LogP) is 3.19. The number of carbonyl (C=O) groups excluding carboxylic acids is 1. The minimum atomic E-state index is -0.468. The van der Waals surface area contributed by atoms with Crippen LogP contribution in [0.25, 0.3) is 0 Å². The van der Waals surface area contributed by atoms with Crippen LogP contribution in [0.5, 0.6) is 0 Å². The molecule has 162 valence electrons. The first-order valence-electron chi connectivity index (χ1n) is 9.81. The Morgan fingerprint density at radius 2 is 1.63 bits per heavy atom. The summed E-state index contributed by atoms with van der Waals surface area (Å²) in [7, 11) is 0. The van der Waals surface area contributed by atoms with Crippen molar-refractivity contribution in [1.82, 2.24) is 20.9 Å². The van der Waals surface area contributed by atoms with Crippen molar-refractivity contribution in [3.05, 3.63) is 0 Å². The Labute approximate surface area is 183 Å². The summed E-state index contributed by atoms with van der Waals surface area (Å²) in [6.07, 6.45) is 0.383. The summed E-state index contributed by atoms with van der Waals surface area (Å²) < 4.78 is 5.20. The summed E-state index contributed by atoms with van der Waals surface area (Å²) in [6, 6.07) is 1.05. The van der Waals surface area contributed by atoms with E-state index in [1.54, 1.807) is 0 Å². The van der Waals surface area contributed by atoms with Crippen molar-refractivity contribution in [2.75, 3.05) is 32.7 Å². The number of hydrogen-bond acceptors (Lipinski definition) is 4. The quantitative estimate of drug-likeness (QED) is 0.186. The molecule has 1 amide bonds. The molecule has 0 bridgehead atoms. The van der Waals surface area contributed by atoms with Gasteiger partial charge in [0.25, 0.3) is 0 Å². The third-order valence-electron chi connectivity index (χ3n) is 3.61. The summed E-state index contributed by atoms with van der Waals surface area (Å²) in [5.74, 6) is 0.817. The highest BCUT2D eigenvalue weighted by atomic mass is 127. The zero-order valence-corrected chi connectivity index (χ0v) is 20.8. The first-order chi connectivity index (χ1) is 12.1. The molecule has 0 spiro atoms. The molecule has 0 aromatic heterocycles. The fourth-order valence-corrected chi connectivity index (χ4v) is 2.53. The van der Waals surface area contributed by atoms with Crippen molar-refractivity contribution in [1.29, 1.82) is 0 Å². The number of rotatable bonds is 10. The SMILES string of the molecule is CCNC(=NCCCNC(=O)OC(C)(C)C)NCCN(C(C)C)C(C)C.I. The Morgan fingerprint density at radius 3 is 2.11 bits per heavy atom.